The van der Waals surface area contributed by atoms with Crippen molar-refractivity contribution < 1.29 is 4.79 Å². The molecule has 0 saturated carbocycles. The van der Waals surface area contributed by atoms with E-state index in [1.807, 2.05) is 60.0 Å². The van der Waals surface area contributed by atoms with E-state index in [1.165, 1.54) is 17.3 Å². The van der Waals surface area contributed by atoms with E-state index in [0.717, 1.165) is 29.5 Å². The maximum absolute atomic E-state index is 12.4. The molecule has 0 fully saturated rings. The van der Waals surface area contributed by atoms with Crippen LogP contribution in [-0.4, -0.2) is 32.5 Å². The average molecular weight is 381 g/mol. The minimum atomic E-state index is -0.237. The van der Waals surface area contributed by atoms with Crippen molar-refractivity contribution in [3.63, 3.8) is 0 Å². The number of hydrogen-bond acceptors (Lipinski definition) is 4. The van der Waals surface area contributed by atoms with Crippen LogP contribution < -0.4 is 5.32 Å². The Balaban J connectivity index is 1.59. The number of carbonyl (C=O) groups is 1. The van der Waals surface area contributed by atoms with Crippen LogP contribution in [0.4, 0.5) is 0 Å². The van der Waals surface area contributed by atoms with Crippen LogP contribution in [0.25, 0.3) is 11.4 Å². The molecule has 1 amide bonds. The molecule has 1 atom stereocenters. The Bertz CT molecular complexity index is 864. The molecule has 3 aromatic rings. The molecule has 3 rings (SSSR count). The second kappa shape index (κ2) is 9.37. The van der Waals surface area contributed by atoms with E-state index in [9.17, 15) is 4.79 Å². The third-order valence-corrected chi connectivity index (χ3v) is 5.35. The van der Waals surface area contributed by atoms with E-state index in [4.69, 9.17) is 0 Å². The van der Waals surface area contributed by atoms with Gasteiger partial charge in [0.05, 0.1) is 5.25 Å². The number of benzene rings is 2. The summed E-state index contributed by atoms with van der Waals surface area (Å²) in [6.07, 6.45) is 0.827. The van der Waals surface area contributed by atoms with Crippen molar-refractivity contribution >= 4 is 17.7 Å². The van der Waals surface area contributed by atoms with Gasteiger partial charge in [0, 0.05) is 18.7 Å². The molecule has 0 aliphatic carbocycles. The molecule has 0 aliphatic heterocycles. The van der Waals surface area contributed by atoms with Gasteiger partial charge in [-0.3, -0.25) is 4.79 Å². The lowest BCUT2D eigenvalue weighted by Gasteiger charge is -2.13. The zero-order chi connectivity index (χ0) is 19.1. The van der Waals surface area contributed by atoms with Crippen LogP contribution in [0.1, 0.15) is 19.4 Å². The van der Waals surface area contributed by atoms with Crippen molar-refractivity contribution in [3.8, 4) is 11.4 Å². The number of nitrogens with one attached hydrogen (secondary N) is 1. The summed E-state index contributed by atoms with van der Waals surface area (Å²) in [5.41, 5.74) is 2.25. The van der Waals surface area contributed by atoms with E-state index >= 15 is 0 Å². The first-order valence-corrected chi connectivity index (χ1v) is 10.0. The highest BCUT2D eigenvalue weighted by Crippen LogP contribution is 2.26. The number of thioether (sulfide) groups is 1. The molecule has 140 valence electrons. The molecule has 0 bridgehead atoms. The molecule has 0 spiro atoms. The second-order valence-electron chi connectivity index (χ2n) is 6.20. The Morgan fingerprint density at radius 3 is 2.41 bits per heavy atom. The normalized spacial score (nSPS) is 11.9. The number of hydrogen-bond donors (Lipinski definition) is 1. The largest absolute Gasteiger partial charge is 0.355 e. The van der Waals surface area contributed by atoms with Gasteiger partial charge < -0.3 is 9.88 Å². The summed E-state index contributed by atoms with van der Waals surface area (Å²) < 4.78 is 2.05. The highest BCUT2D eigenvalue weighted by atomic mass is 32.2. The van der Waals surface area contributed by atoms with Crippen molar-refractivity contribution in [2.75, 3.05) is 6.54 Å². The molecular weight excluding hydrogens is 356 g/mol. The molecule has 0 unspecified atom stereocenters. The van der Waals surface area contributed by atoms with Gasteiger partial charge in [0.2, 0.25) is 5.91 Å². The molecule has 0 aliphatic rings. The van der Waals surface area contributed by atoms with Gasteiger partial charge in [-0.2, -0.15) is 0 Å². The predicted molar refractivity (Wildman–Crippen MR) is 110 cm³/mol. The third-order valence-electron chi connectivity index (χ3n) is 4.27. The summed E-state index contributed by atoms with van der Waals surface area (Å²) >= 11 is 1.44. The lowest BCUT2D eigenvalue weighted by Crippen LogP contribution is -2.32. The smallest absolute Gasteiger partial charge is 0.233 e. The summed E-state index contributed by atoms with van der Waals surface area (Å²) in [5.74, 6) is 0.847. The molecule has 6 heteroatoms. The Morgan fingerprint density at radius 1 is 1.07 bits per heavy atom. The van der Waals surface area contributed by atoms with Gasteiger partial charge >= 0.3 is 0 Å². The molecule has 1 N–H and O–H groups in total. The fraction of sp³-hybridized carbons (Fsp3) is 0.286. The van der Waals surface area contributed by atoms with E-state index in [1.54, 1.807) is 0 Å². The molecule has 0 saturated heterocycles. The first-order valence-electron chi connectivity index (χ1n) is 9.16. The summed E-state index contributed by atoms with van der Waals surface area (Å²) in [6, 6.07) is 20.1. The maximum atomic E-state index is 12.4. The van der Waals surface area contributed by atoms with Crippen molar-refractivity contribution in [1.82, 2.24) is 20.1 Å². The highest BCUT2D eigenvalue weighted by Gasteiger charge is 2.19. The van der Waals surface area contributed by atoms with E-state index in [-0.39, 0.29) is 11.2 Å². The molecule has 1 heterocycles. The van der Waals surface area contributed by atoms with Crippen LogP contribution in [0.3, 0.4) is 0 Å². The first-order chi connectivity index (χ1) is 13.2. The van der Waals surface area contributed by atoms with Crippen LogP contribution in [0.2, 0.25) is 0 Å². The van der Waals surface area contributed by atoms with Crippen LogP contribution in [-0.2, 0) is 17.8 Å². The van der Waals surface area contributed by atoms with E-state index in [2.05, 4.69) is 34.6 Å². The zero-order valence-electron chi connectivity index (χ0n) is 15.6. The Hall–Kier alpha value is -2.60. The quantitative estimate of drug-likeness (QED) is 0.604. The minimum absolute atomic E-state index is 0.0165. The number of rotatable bonds is 8. The molecule has 27 heavy (non-hydrogen) atoms. The SMILES string of the molecule is CCn1c(S[C@@H](C)C(=O)NCCc2ccccc2)nnc1-c1ccccc1. The van der Waals surface area contributed by atoms with Crippen LogP contribution >= 0.6 is 11.8 Å². The molecule has 5 nitrogen and oxygen atoms in total. The average Bonchev–Trinajstić information content (AvgIpc) is 3.11. The van der Waals surface area contributed by atoms with Gasteiger partial charge in [-0.25, -0.2) is 0 Å². The van der Waals surface area contributed by atoms with Crippen LogP contribution in [0, 0.1) is 0 Å². The third kappa shape index (κ3) is 4.98. The predicted octanol–water partition coefficient (Wildman–Crippen LogP) is 3.80. The van der Waals surface area contributed by atoms with Gasteiger partial charge in [-0.05, 0) is 25.8 Å². The van der Waals surface area contributed by atoms with E-state index in [0.29, 0.717) is 6.54 Å². The Kier molecular flexibility index (Phi) is 6.65. The lowest BCUT2D eigenvalue weighted by molar-refractivity contribution is -0.120. The Labute approximate surface area is 164 Å². The topological polar surface area (TPSA) is 59.8 Å². The van der Waals surface area contributed by atoms with Crippen molar-refractivity contribution in [3.05, 3.63) is 66.2 Å². The Morgan fingerprint density at radius 2 is 1.74 bits per heavy atom. The highest BCUT2D eigenvalue weighted by molar-refractivity contribution is 8.00. The van der Waals surface area contributed by atoms with Crippen molar-refractivity contribution in [2.24, 2.45) is 0 Å². The minimum Gasteiger partial charge on any atom is -0.355 e. The summed E-state index contributed by atoms with van der Waals surface area (Å²) in [4.78, 5) is 12.4. The van der Waals surface area contributed by atoms with Crippen molar-refractivity contribution in [1.29, 1.82) is 0 Å². The van der Waals surface area contributed by atoms with Crippen LogP contribution in [0.15, 0.2) is 65.8 Å². The van der Waals surface area contributed by atoms with Gasteiger partial charge in [0.1, 0.15) is 0 Å². The number of amides is 1. The number of nitrogens with zero attached hydrogens (tertiary/aromatic N) is 3. The summed E-state index contributed by atoms with van der Waals surface area (Å²) in [7, 11) is 0. The molecular formula is C21H24N4OS. The van der Waals surface area contributed by atoms with Gasteiger partial charge in [0.15, 0.2) is 11.0 Å². The van der Waals surface area contributed by atoms with Gasteiger partial charge in [-0.15, -0.1) is 10.2 Å². The van der Waals surface area contributed by atoms with Crippen molar-refractivity contribution in [2.45, 2.75) is 37.2 Å². The maximum Gasteiger partial charge on any atom is 0.233 e. The number of carbonyl (C=O) groups excluding carboxylic acids is 1. The lowest BCUT2D eigenvalue weighted by atomic mass is 10.1. The fourth-order valence-corrected chi connectivity index (χ4v) is 3.73. The van der Waals surface area contributed by atoms with E-state index < -0.39 is 0 Å². The van der Waals surface area contributed by atoms with Crippen LogP contribution in [0.5, 0.6) is 0 Å². The first kappa shape index (κ1) is 19.2. The summed E-state index contributed by atoms with van der Waals surface area (Å²) in [6.45, 7) is 5.34. The van der Waals surface area contributed by atoms with Gasteiger partial charge in [-0.1, -0.05) is 72.4 Å². The van der Waals surface area contributed by atoms with Gasteiger partial charge in [0.25, 0.3) is 0 Å². The summed E-state index contributed by atoms with van der Waals surface area (Å²) in [5, 5.41) is 12.2. The second-order valence-corrected chi connectivity index (χ2v) is 7.51. The number of aromatic nitrogens is 3. The zero-order valence-corrected chi connectivity index (χ0v) is 16.4. The molecule has 1 aromatic heterocycles. The molecule has 2 aromatic carbocycles. The standard InChI is InChI=1S/C21H24N4OS/c1-3-25-19(18-12-8-5-9-13-18)23-24-21(25)27-16(2)20(26)22-15-14-17-10-6-4-7-11-17/h4-13,16H,3,14-15H2,1-2H3,(H,22,26)/t16-/m0/s1. The fourth-order valence-electron chi connectivity index (χ4n) is 2.79. The monoisotopic (exact) mass is 380 g/mol. The molecule has 0 radical (unpaired) electrons.